The molecule has 0 unspecified atom stereocenters. The summed E-state index contributed by atoms with van der Waals surface area (Å²) >= 11 is 0. The molecule has 122 valence electrons. The highest BCUT2D eigenvalue weighted by atomic mass is 16.6. The monoisotopic (exact) mass is 317 g/mol. The Morgan fingerprint density at radius 2 is 2.04 bits per heavy atom. The number of nitro groups is 1. The Hall–Kier alpha value is -2.48. The number of aliphatic imine (C=N–C) groups is 2. The van der Waals surface area contributed by atoms with E-state index in [9.17, 15) is 15.2 Å². The van der Waals surface area contributed by atoms with E-state index in [0.29, 0.717) is 12.1 Å². The number of benzene rings is 1. The zero-order valence-corrected chi connectivity index (χ0v) is 12.8. The van der Waals surface area contributed by atoms with Crippen molar-refractivity contribution in [3.8, 4) is 5.75 Å². The largest absolute Gasteiger partial charge is 0.508 e. The molecule has 1 N–H and O–H groups in total. The van der Waals surface area contributed by atoms with E-state index in [2.05, 4.69) is 19.8 Å². The summed E-state index contributed by atoms with van der Waals surface area (Å²) in [4.78, 5) is 23.3. The van der Waals surface area contributed by atoms with Gasteiger partial charge >= 0.3 is 0 Å². The number of nitro benzene ring substituents is 1. The summed E-state index contributed by atoms with van der Waals surface area (Å²) in [6, 6.07) is 4.16. The van der Waals surface area contributed by atoms with Crippen molar-refractivity contribution in [2.75, 3.05) is 32.7 Å². The fourth-order valence-corrected chi connectivity index (χ4v) is 2.85. The summed E-state index contributed by atoms with van der Waals surface area (Å²) < 4.78 is 0. The smallest absolute Gasteiger partial charge is 0.270 e. The maximum atomic E-state index is 10.9. The molecule has 0 amide bonds. The second-order valence-corrected chi connectivity index (χ2v) is 5.65. The minimum Gasteiger partial charge on any atom is -0.508 e. The van der Waals surface area contributed by atoms with Gasteiger partial charge in [0.15, 0.2) is 0 Å². The minimum atomic E-state index is -0.441. The van der Waals surface area contributed by atoms with Crippen molar-refractivity contribution in [3.63, 3.8) is 0 Å². The van der Waals surface area contributed by atoms with Gasteiger partial charge in [0.1, 0.15) is 17.9 Å². The van der Waals surface area contributed by atoms with Crippen molar-refractivity contribution in [1.29, 1.82) is 0 Å². The predicted octanol–water partition coefficient (Wildman–Crippen LogP) is 1.25. The molecule has 8 nitrogen and oxygen atoms in total. The van der Waals surface area contributed by atoms with Gasteiger partial charge in [0, 0.05) is 63.4 Å². The first-order valence-electron chi connectivity index (χ1n) is 7.62. The van der Waals surface area contributed by atoms with Gasteiger partial charge in [-0.2, -0.15) is 0 Å². The number of phenols is 1. The average Bonchev–Trinajstić information content (AvgIpc) is 2.58. The van der Waals surface area contributed by atoms with Crippen LogP contribution >= 0.6 is 0 Å². The molecule has 1 saturated heterocycles. The fourth-order valence-electron chi connectivity index (χ4n) is 2.85. The van der Waals surface area contributed by atoms with Crippen LogP contribution in [0.2, 0.25) is 0 Å². The Bertz CT molecular complexity index is 651. The number of piperazine rings is 1. The Morgan fingerprint density at radius 3 is 2.70 bits per heavy atom. The molecule has 2 heterocycles. The zero-order chi connectivity index (χ0) is 16.2. The average molecular weight is 317 g/mol. The molecule has 1 aromatic carbocycles. The minimum absolute atomic E-state index is 0.00674. The molecule has 0 aromatic heterocycles. The molecular weight excluding hydrogens is 298 g/mol. The van der Waals surface area contributed by atoms with Crippen molar-refractivity contribution < 1.29 is 10.0 Å². The summed E-state index contributed by atoms with van der Waals surface area (Å²) in [6.45, 7) is 4.69. The van der Waals surface area contributed by atoms with E-state index in [0.717, 1.165) is 45.0 Å². The highest BCUT2D eigenvalue weighted by Gasteiger charge is 2.21. The van der Waals surface area contributed by atoms with Crippen LogP contribution < -0.4 is 0 Å². The molecule has 2 aliphatic rings. The Kier molecular flexibility index (Phi) is 4.52. The van der Waals surface area contributed by atoms with Gasteiger partial charge in [-0.15, -0.1) is 0 Å². The molecule has 0 aliphatic carbocycles. The van der Waals surface area contributed by atoms with Crippen LogP contribution in [0.1, 0.15) is 12.0 Å². The van der Waals surface area contributed by atoms with Crippen LogP contribution in [0.5, 0.6) is 5.75 Å². The van der Waals surface area contributed by atoms with E-state index in [-0.39, 0.29) is 11.4 Å². The van der Waals surface area contributed by atoms with Gasteiger partial charge < -0.3 is 10.0 Å². The number of nitrogens with zero attached hydrogens (tertiary/aromatic N) is 5. The number of amidine groups is 1. The first kappa shape index (κ1) is 15.4. The van der Waals surface area contributed by atoms with E-state index in [1.807, 2.05) is 0 Å². The van der Waals surface area contributed by atoms with E-state index < -0.39 is 4.92 Å². The van der Waals surface area contributed by atoms with Gasteiger partial charge in [-0.3, -0.25) is 20.0 Å². The summed E-state index contributed by atoms with van der Waals surface area (Å²) in [5, 5.41) is 20.8. The highest BCUT2D eigenvalue weighted by molar-refractivity contribution is 5.90. The van der Waals surface area contributed by atoms with Crippen LogP contribution in [0.4, 0.5) is 5.69 Å². The fraction of sp³-hybridized carbons (Fsp3) is 0.467. The SMILES string of the molecule is O=[N+]([O-])c1ccc(O)c(CN2CCN(C3=NC=NCC3)CC2)c1. The Morgan fingerprint density at radius 1 is 1.26 bits per heavy atom. The number of non-ortho nitro benzene ring substituents is 1. The second-order valence-electron chi connectivity index (χ2n) is 5.65. The molecule has 3 rings (SSSR count). The molecule has 0 radical (unpaired) electrons. The first-order valence-corrected chi connectivity index (χ1v) is 7.62. The summed E-state index contributed by atoms with van der Waals surface area (Å²) in [6.07, 6.45) is 2.49. The maximum Gasteiger partial charge on any atom is 0.270 e. The van der Waals surface area contributed by atoms with Crippen LogP contribution in [0.15, 0.2) is 28.2 Å². The highest BCUT2D eigenvalue weighted by Crippen LogP contribution is 2.24. The lowest BCUT2D eigenvalue weighted by Crippen LogP contribution is -2.48. The molecule has 23 heavy (non-hydrogen) atoms. The molecule has 1 fully saturated rings. The molecule has 0 spiro atoms. The first-order chi connectivity index (χ1) is 11.1. The van der Waals surface area contributed by atoms with Gasteiger partial charge in [0.05, 0.1) is 4.92 Å². The standard InChI is InChI=1S/C15H19N5O3/c21-14-2-1-13(20(22)23)9-12(14)10-18-5-7-19(8-6-18)15-3-4-16-11-17-15/h1-2,9,11,21H,3-8,10H2. The molecule has 0 atom stereocenters. The van der Waals surface area contributed by atoms with Crippen molar-refractivity contribution in [2.24, 2.45) is 9.98 Å². The van der Waals surface area contributed by atoms with Crippen molar-refractivity contribution in [3.05, 3.63) is 33.9 Å². The number of rotatable bonds is 3. The number of phenolic OH excluding ortho intramolecular Hbond substituents is 1. The molecule has 8 heteroatoms. The Labute approximate surface area is 133 Å². The van der Waals surface area contributed by atoms with E-state index in [1.165, 1.54) is 18.2 Å². The summed E-state index contributed by atoms with van der Waals surface area (Å²) in [5.41, 5.74) is 0.599. The van der Waals surface area contributed by atoms with Gasteiger partial charge in [-0.25, -0.2) is 4.99 Å². The molecular formula is C15H19N5O3. The molecule has 0 bridgehead atoms. The van der Waals surface area contributed by atoms with E-state index >= 15 is 0 Å². The number of hydrogen-bond donors (Lipinski definition) is 1. The van der Waals surface area contributed by atoms with Crippen LogP contribution in [0.25, 0.3) is 0 Å². The lowest BCUT2D eigenvalue weighted by Gasteiger charge is -2.36. The Balaban J connectivity index is 1.60. The van der Waals surface area contributed by atoms with Crippen LogP contribution in [0, 0.1) is 10.1 Å². The lowest BCUT2D eigenvalue weighted by atomic mass is 10.1. The van der Waals surface area contributed by atoms with Gasteiger partial charge in [-0.1, -0.05) is 0 Å². The summed E-state index contributed by atoms with van der Waals surface area (Å²) in [7, 11) is 0. The van der Waals surface area contributed by atoms with Gasteiger partial charge in [-0.05, 0) is 6.07 Å². The third-order valence-corrected chi connectivity index (χ3v) is 4.16. The van der Waals surface area contributed by atoms with Gasteiger partial charge in [0.25, 0.3) is 5.69 Å². The molecule has 0 saturated carbocycles. The predicted molar refractivity (Wildman–Crippen MR) is 87.0 cm³/mol. The van der Waals surface area contributed by atoms with Crippen LogP contribution in [-0.4, -0.2) is 64.7 Å². The van der Waals surface area contributed by atoms with Crippen LogP contribution in [-0.2, 0) is 6.54 Å². The third kappa shape index (κ3) is 3.65. The van der Waals surface area contributed by atoms with Gasteiger partial charge in [0.2, 0.25) is 0 Å². The third-order valence-electron chi connectivity index (χ3n) is 4.16. The van der Waals surface area contributed by atoms with E-state index in [1.54, 1.807) is 6.34 Å². The van der Waals surface area contributed by atoms with Crippen molar-refractivity contribution in [2.45, 2.75) is 13.0 Å². The van der Waals surface area contributed by atoms with Crippen molar-refractivity contribution in [1.82, 2.24) is 9.80 Å². The van der Waals surface area contributed by atoms with Crippen LogP contribution in [0.3, 0.4) is 0 Å². The quantitative estimate of drug-likeness (QED) is 0.669. The lowest BCUT2D eigenvalue weighted by molar-refractivity contribution is -0.385. The summed E-state index contributed by atoms with van der Waals surface area (Å²) in [5.74, 6) is 1.18. The van der Waals surface area contributed by atoms with E-state index in [4.69, 9.17) is 0 Å². The number of aromatic hydroxyl groups is 1. The second kappa shape index (κ2) is 6.74. The van der Waals surface area contributed by atoms with Crippen molar-refractivity contribution >= 4 is 17.9 Å². The topological polar surface area (TPSA) is 94.6 Å². The molecule has 2 aliphatic heterocycles. The molecule has 1 aromatic rings. The maximum absolute atomic E-state index is 10.9. The zero-order valence-electron chi connectivity index (χ0n) is 12.8. The normalized spacial score (nSPS) is 18.8. The number of hydrogen-bond acceptors (Lipinski definition) is 7.